The molecule has 1 N–H and O–H groups in total. The predicted molar refractivity (Wildman–Crippen MR) is 93.1 cm³/mol. The first-order chi connectivity index (χ1) is 11.7. The molecule has 0 saturated carbocycles. The Morgan fingerprint density at radius 2 is 2.08 bits per heavy atom. The van der Waals surface area contributed by atoms with E-state index < -0.39 is 0 Å². The van der Waals surface area contributed by atoms with Gasteiger partial charge in [-0.05, 0) is 42.0 Å². The van der Waals surface area contributed by atoms with Crippen molar-refractivity contribution in [3.8, 4) is 5.75 Å². The van der Waals surface area contributed by atoms with Crippen molar-refractivity contribution in [2.75, 3.05) is 13.7 Å². The first kappa shape index (κ1) is 18.0. The van der Waals surface area contributed by atoms with E-state index in [9.17, 15) is 9.59 Å². The molecule has 1 aromatic heterocycles. The summed E-state index contributed by atoms with van der Waals surface area (Å²) >= 11 is 1.67. The zero-order valence-corrected chi connectivity index (χ0v) is 14.4. The summed E-state index contributed by atoms with van der Waals surface area (Å²) in [4.78, 5) is 24.6. The molecule has 0 fully saturated rings. The Morgan fingerprint density at radius 3 is 2.83 bits per heavy atom. The van der Waals surface area contributed by atoms with E-state index in [1.807, 2.05) is 41.8 Å². The van der Waals surface area contributed by atoms with Gasteiger partial charge in [-0.15, -0.1) is 11.3 Å². The molecule has 0 aliphatic heterocycles. The predicted octanol–water partition coefficient (Wildman–Crippen LogP) is 2.94. The molecule has 0 aliphatic carbocycles. The van der Waals surface area contributed by atoms with E-state index >= 15 is 0 Å². The fourth-order valence-corrected chi connectivity index (χ4v) is 2.87. The van der Waals surface area contributed by atoms with Crippen molar-refractivity contribution in [1.29, 1.82) is 0 Å². The van der Waals surface area contributed by atoms with Gasteiger partial charge in [0, 0.05) is 17.8 Å². The maximum absolute atomic E-state index is 11.7. The standard InChI is InChI=1S/C18H21NO4S/c1-22-15-6-2-5-14(11-15)12-19-17(20)13-23-18(21)9-3-7-16-8-4-10-24-16/h2,4-6,8,10-11H,3,7,9,12-13H2,1H3,(H,19,20). The number of amides is 1. The maximum Gasteiger partial charge on any atom is 0.306 e. The molecule has 1 aromatic carbocycles. The van der Waals surface area contributed by atoms with E-state index in [-0.39, 0.29) is 18.5 Å². The molecular weight excluding hydrogens is 326 g/mol. The molecular formula is C18H21NO4S. The Hall–Kier alpha value is -2.34. The number of methoxy groups -OCH3 is 1. The number of nitrogens with one attached hydrogen (secondary N) is 1. The van der Waals surface area contributed by atoms with E-state index in [1.54, 1.807) is 18.4 Å². The number of carbonyl (C=O) groups is 2. The lowest BCUT2D eigenvalue weighted by Crippen LogP contribution is -2.28. The van der Waals surface area contributed by atoms with Crippen molar-refractivity contribution in [2.45, 2.75) is 25.8 Å². The van der Waals surface area contributed by atoms with Crippen LogP contribution in [-0.2, 0) is 27.3 Å². The smallest absolute Gasteiger partial charge is 0.306 e. The number of carbonyl (C=O) groups excluding carboxylic acids is 2. The Balaban J connectivity index is 1.60. The highest BCUT2D eigenvalue weighted by molar-refractivity contribution is 7.09. The van der Waals surface area contributed by atoms with Gasteiger partial charge in [0.15, 0.2) is 6.61 Å². The Kier molecular flexibility index (Phi) is 7.29. The van der Waals surface area contributed by atoms with Crippen LogP contribution in [0.5, 0.6) is 5.75 Å². The summed E-state index contributed by atoms with van der Waals surface area (Å²) in [6.07, 6.45) is 1.90. The Labute approximate surface area is 145 Å². The second-order valence-corrected chi connectivity index (χ2v) is 6.25. The average molecular weight is 347 g/mol. The van der Waals surface area contributed by atoms with Crippen molar-refractivity contribution in [3.63, 3.8) is 0 Å². The number of hydrogen-bond donors (Lipinski definition) is 1. The van der Waals surface area contributed by atoms with Crippen LogP contribution in [0.25, 0.3) is 0 Å². The van der Waals surface area contributed by atoms with E-state index in [0.29, 0.717) is 13.0 Å². The summed E-state index contributed by atoms with van der Waals surface area (Å²) < 4.78 is 10.1. The summed E-state index contributed by atoms with van der Waals surface area (Å²) in [5.41, 5.74) is 0.921. The summed E-state index contributed by atoms with van der Waals surface area (Å²) in [5, 5.41) is 4.73. The van der Waals surface area contributed by atoms with Gasteiger partial charge in [-0.25, -0.2) is 0 Å². The number of thiophene rings is 1. The first-order valence-corrected chi connectivity index (χ1v) is 8.63. The van der Waals surface area contributed by atoms with Gasteiger partial charge in [0.1, 0.15) is 5.75 Å². The van der Waals surface area contributed by atoms with Crippen LogP contribution in [0, 0.1) is 0 Å². The van der Waals surface area contributed by atoms with Crippen LogP contribution in [0.1, 0.15) is 23.3 Å². The molecule has 6 heteroatoms. The van der Waals surface area contributed by atoms with E-state index in [4.69, 9.17) is 9.47 Å². The highest BCUT2D eigenvalue weighted by Gasteiger charge is 2.08. The van der Waals surface area contributed by atoms with Crippen molar-refractivity contribution >= 4 is 23.2 Å². The highest BCUT2D eigenvalue weighted by atomic mass is 32.1. The second-order valence-electron chi connectivity index (χ2n) is 5.22. The molecule has 1 heterocycles. The van der Waals surface area contributed by atoms with Crippen molar-refractivity contribution < 1.29 is 19.1 Å². The van der Waals surface area contributed by atoms with Crippen molar-refractivity contribution in [2.24, 2.45) is 0 Å². The van der Waals surface area contributed by atoms with Gasteiger partial charge in [0.25, 0.3) is 5.91 Å². The number of ether oxygens (including phenoxy) is 2. The molecule has 2 aromatic rings. The third-order valence-electron chi connectivity index (χ3n) is 3.37. The van der Waals surface area contributed by atoms with Crippen molar-refractivity contribution in [3.05, 3.63) is 52.2 Å². The fourth-order valence-electron chi connectivity index (χ4n) is 2.11. The average Bonchev–Trinajstić information content (AvgIpc) is 3.11. The van der Waals surface area contributed by atoms with Crippen molar-refractivity contribution in [1.82, 2.24) is 5.32 Å². The lowest BCUT2D eigenvalue weighted by Gasteiger charge is -2.08. The number of hydrogen-bond acceptors (Lipinski definition) is 5. The topological polar surface area (TPSA) is 64.6 Å². The third-order valence-corrected chi connectivity index (χ3v) is 4.31. The van der Waals surface area contributed by atoms with Crippen LogP contribution in [-0.4, -0.2) is 25.6 Å². The minimum Gasteiger partial charge on any atom is -0.497 e. The minimum absolute atomic E-state index is 0.248. The Bertz CT molecular complexity index is 655. The van der Waals surface area contributed by atoms with Crippen LogP contribution in [0.15, 0.2) is 41.8 Å². The molecule has 1 amide bonds. The molecule has 128 valence electrons. The lowest BCUT2D eigenvalue weighted by atomic mass is 10.2. The zero-order chi connectivity index (χ0) is 17.2. The number of rotatable bonds is 9. The van der Waals surface area contributed by atoms with Crippen LogP contribution in [0.4, 0.5) is 0 Å². The summed E-state index contributed by atoms with van der Waals surface area (Å²) in [5.74, 6) is 0.0754. The van der Waals surface area contributed by atoms with E-state index in [0.717, 1.165) is 24.2 Å². The number of benzene rings is 1. The maximum atomic E-state index is 11.7. The molecule has 24 heavy (non-hydrogen) atoms. The molecule has 0 spiro atoms. The lowest BCUT2D eigenvalue weighted by molar-refractivity contribution is -0.148. The summed E-state index contributed by atoms with van der Waals surface area (Å²) in [6, 6.07) is 11.5. The van der Waals surface area contributed by atoms with Crippen LogP contribution in [0.2, 0.25) is 0 Å². The normalized spacial score (nSPS) is 10.2. The molecule has 0 radical (unpaired) electrons. The highest BCUT2D eigenvalue weighted by Crippen LogP contribution is 2.13. The molecule has 0 bridgehead atoms. The molecule has 2 rings (SSSR count). The fraction of sp³-hybridized carbons (Fsp3) is 0.333. The molecule has 0 unspecified atom stereocenters. The molecule has 0 aliphatic rings. The Morgan fingerprint density at radius 1 is 1.21 bits per heavy atom. The number of esters is 1. The number of aryl methyl sites for hydroxylation is 1. The largest absolute Gasteiger partial charge is 0.497 e. The second kappa shape index (κ2) is 9.72. The summed E-state index contributed by atoms with van der Waals surface area (Å²) in [7, 11) is 1.59. The van der Waals surface area contributed by atoms with E-state index in [2.05, 4.69) is 5.32 Å². The zero-order valence-electron chi connectivity index (χ0n) is 13.6. The first-order valence-electron chi connectivity index (χ1n) is 7.75. The monoisotopic (exact) mass is 347 g/mol. The van der Waals surface area contributed by atoms with Gasteiger partial charge < -0.3 is 14.8 Å². The quantitative estimate of drug-likeness (QED) is 0.709. The van der Waals surface area contributed by atoms with Gasteiger partial charge in [0.2, 0.25) is 0 Å². The van der Waals surface area contributed by atoms with Crippen LogP contribution < -0.4 is 10.1 Å². The molecule has 0 atom stereocenters. The van der Waals surface area contributed by atoms with E-state index in [1.165, 1.54) is 4.88 Å². The molecule has 0 saturated heterocycles. The van der Waals surface area contributed by atoms with Crippen LogP contribution in [0.3, 0.4) is 0 Å². The van der Waals surface area contributed by atoms with Gasteiger partial charge in [-0.1, -0.05) is 18.2 Å². The van der Waals surface area contributed by atoms with Gasteiger partial charge in [0.05, 0.1) is 7.11 Å². The molecule has 5 nitrogen and oxygen atoms in total. The minimum atomic E-state index is -0.344. The third kappa shape index (κ3) is 6.42. The van der Waals surface area contributed by atoms with Gasteiger partial charge >= 0.3 is 5.97 Å². The summed E-state index contributed by atoms with van der Waals surface area (Å²) in [6.45, 7) is 0.119. The van der Waals surface area contributed by atoms with Gasteiger partial charge in [-0.3, -0.25) is 9.59 Å². The van der Waals surface area contributed by atoms with Gasteiger partial charge in [-0.2, -0.15) is 0 Å². The van der Waals surface area contributed by atoms with Crippen LogP contribution >= 0.6 is 11.3 Å². The SMILES string of the molecule is COc1cccc(CNC(=O)COC(=O)CCCc2cccs2)c1.